The topological polar surface area (TPSA) is 0 Å². The number of benzene rings is 1. The molecule has 0 aromatic heterocycles. The quantitative estimate of drug-likeness (QED) is 0.423. The fourth-order valence-corrected chi connectivity index (χ4v) is 2.72. The summed E-state index contributed by atoms with van der Waals surface area (Å²) in [4.78, 5) is 0. The van der Waals surface area contributed by atoms with Crippen LogP contribution in [0.25, 0.3) is 6.08 Å². The molecule has 0 heteroatoms. The zero-order valence-corrected chi connectivity index (χ0v) is 11.5. The minimum absolute atomic E-state index is 0.465. The van der Waals surface area contributed by atoms with Gasteiger partial charge in [0.15, 0.2) is 0 Å². The summed E-state index contributed by atoms with van der Waals surface area (Å²) >= 11 is 0. The Hall–Kier alpha value is -1.30. The Balaban J connectivity index is 1.83. The highest BCUT2D eigenvalue weighted by Crippen LogP contribution is 2.36. The second-order valence-corrected chi connectivity index (χ2v) is 5.29. The van der Waals surface area contributed by atoms with Crippen LogP contribution in [0.4, 0.5) is 0 Å². The first-order chi connectivity index (χ1) is 8.83. The van der Waals surface area contributed by atoms with Crippen molar-refractivity contribution >= 4 is 6.08 Å². The van der Waals surface area contributed by atoms with Crippen molar-refractivity contribution in [2.75, 3.05) is 0 Å². The summed E-state index contributed by atoms with van der Waals surface area (Å²) in [6, 6.07) is 8.68. The maximum absolute atomic E-state index is 4.30. The van der Waals surface area contributed by atoms with E-state index < -0.39 is 0 Å². The maximum atomic E-state index is 4.30. The summed E-state index contributed by atoms with van der Waals surface area (Å²) in [5.74, 6) is 0.465. The molecule has 0 saturated carbocycles. The van der Waals surface area contributed by atoms with Gasteiger partial charge in [0.05, 0.1) is 0 Å². The average molecular weight is 240 g/mol. The molecule has 18 heavy (non-hydrogen) atoms. The Morgan fingerprint density at radius 2 is 1.89 bits per heavy atom. The van der Waals surface area contributed by atoms with Gasteiger partial charge in [-0.2, -0.15) is 0 Å². The first-order valence-corrected chi connectivity index (χ1v) is 7.27. The molecule has 0 fully saturated rings. The molecule has 0 radical (unpaired) electrons. The Morgan fingerprint density at radius 3 is 2.72 bits per heavy atom. The van der Waals surface area contributed by atoms with Crippen molar-refractivity contribution < 1.29 is 0 Å². The molecule has 0 spiro atoms. The highest BCUT2D eigenvalue weighted by molar-refractivity contribution is 5.64. The maximum Gasteiger partial charge on any atom is 0.0234 e. The molecule has 1 aliphatic rings. The fraction of sp³-hybridized carbons (Fsp3) is 0.444. The predicted molar refractivity (Wildman–Crippen MR) is 80.7 cm³/mol. The Bertz CT molecular complexity index is 425. The van der Waals surface area contributed by atoms with Crippen LogP contribution in [0.2, 0.25) is 0 Å². The Morgan fingerprint density at radius 1 is 1.11 bits per heavy atom. The number of allylic oxidation sites excluding steroid dienone is 2. The second-order valence-electron chi connectivity index (χ2n) is 5.29. The number of hydrogen-bond donors (Lipinski definition) is 0. The third-order valence-electron chi connectivity index (χ3n) is 3.84. The second kappa shape index (κ2) is 6.58. The fourth-order valence-electron chi connectivity index (χ4n) is 2.72. The molecule has 0 nitrogen and oxygen atoms in total. The average Bonchev–Trinajstić information content (AvgIpc) is 2.82. The number of hydrogen-bond acceptors (Lipinski definition) is 0. The van der Waals surface area contributed by atoms with Crippen molar-refractivity contribution in [3.05, 3.63) is 53.6 Å². The molecule has 1 aliphatic carbocycles. The predicted octanol–water partition coefficient (Wildman–Crippen LogP) is 5.71. The van der Waals surface area contributed by atoms with E-state index in [1.807, 2.05) is 0 Å². The van der Waals surface area contributed by atoms with Gasteiger partial charge in [0.25, 0.3) is 0 Å². The van der Waals surface area contributed by atoms with Gasteiger partial charge in [-0.05, 0) is 24.0 Å². The van der Waals surface area contributed by atoms with Crippen LogP contribution in [-0.2, 0) is 0 Å². The lowest BCUT2D eigenvalue weighted by Crippen LogP contribution is -1.97. The number of rotatable bonds is 7. The van der Waals surface area contributed by atoms with Crippen LogP contribution in [-0.4, -0.2) is 0 Å². The third-order valence-corrected chi connectivity index (χ3v) is 3.84. The molecular weight excluding hydrogens is 216 g/mol. The van der Waals surface area contributed by atoms with Gasteiger partial charge in [-0.1, -0.05) is 81.2 Å². The van der Waals surface area contributed by atoms with E-state index in [0.717, 1.165) is 0 Å². The molecule has 0 bridgehead atoms. The molecule has 1 atom stereocenters. The molecule has 96 valence electrons. The van der Waals surface area contributed by atoms with Crippen molar-refractivity contribution in [1.82, 2.24) is 0 Å². The van der Waals surface area contributed by atoms with Crippen LogP contribution >= 0.6 is 0 Å². The van der Waals surface area contributed by atoms with E-state index in [0.29, 0.717) is 5.92 Å². The lowest BCUT2D eigenvalue weighted by Gasteiger charge is -2.14. The summed E-state index contributed by atoms with van der Waals surface area (Å²) in [5.41, 5.74) is 4.19. The lowest BCUT2D eigenvalue weighted by molar-refractivity contribution is 0.624. The van der Waals surface area contributed by atoms with Crippen molar-refractivity contribution in [2.24, 2.45) is 0 Å². The number of unbranched alkanes of at least 4 members (excludes halogenated alkanes) is 4. The van der Waals surface area contributed by atoms with Crippen molar-refractivity contribution in [3.8, 4) is 0 Å². The first-order valence-electron chi connectivity index (χ1n) is 7.27. The Labute approximate surface area is 111 Å². The lowest BCUT2D eigenvalue weighted by atomic mass is 9.90. The molecule has 0 saturated heterocycles. The molecule has 2 rings (SSSR count). The van der Waals surface area contributed by atoms with E-state index in [-0.39, 0.29) is 0 Å². The minimum Gasteiger partial charge on any atom is -0.0989 e. The molecule has 0 aliphatic heterocycles. The molecule has 1 aromatic carbocycles. The van der Waals surface area contributed by atoms with Crippen molar-refractivity contribution in [1.29, 1.82) is 0 Å². The van der Waals surface area contributed by atoms with Gasteiger partial charge in [-0.15, -0.1) is 0 Å². The number of fused-ring (bicyclic) bond motifs is 1. The Kier molecular flexibility index (Phi) is 4.81. The van der Waals surface area contributed by atoms with Gasteiger partial charge in [-0.3, -0.25) is 0 Å². The monoisotopic (exact) mass is 240 g/mol. The van der Waals surface area contributed by atoms with E-state index in [1.54, 1.807) is 0 Å². The van der Waals surface area contributed by atoms with Crippen LogP contribution in [0.15, 0.2) is 42.5 Å². The van der Waals surface area contributed by atoms with Gasteiger partial charge in [-0.25, -0.2) is 0 Å². The largest absolute Gasteiger partial charge is 0.0989 e. The SMILES string of the molecule is C=C(CCCCCCC)C1C=Cc2ccccc21. The van der Waals surface area contributed by atoms with Gasteiger partial charge in [0, 0.05) is 5.92 Å². The van der Waals surface area contributed by atoms with Crippen molar-refractivity contribution in [2.45, 2.75) is 51.4 Å². The van der Waals surface area contributed by atoms with Crippen molar-refractivity contribution in [3.63, 3.8) is 0 Å². The first kappa shape index (κ1) is 13.1. The molecule has 0 amide bonds. The zero-order chi connectivity index (χ0) is 12.8. The van der Waals surface area contributed by atoms with Crippen LogP contribution in [0.3, 0.4) is 0 Å². The molecule has 1 aromatic rings. The van der Waals surface area contributed by atoms with E-state index in [2.05, 4.69) is 49.9 Å². The summed E-state index contributed by atoms with van der Waals surface area (Å²) < 4.78 is 0. The van der Waals surface area contributed by atoms with E-state index in [9.17, 15) is 0 Å². The summed E-state index contributed by atoms with van der Waals surface area (Å²) in [7, 11) is 0. The van der Waals surface area contributed by atoms with Gasteiger partial charge < -0.3 is 0 Å². The zero-order valence-electron chi connectivity index (χ0n) is 11.5. The minimum atomic E-state index is 0.465. The molecule has 1 unspecified atom stereocenters. The smallest absolute Gasteiger partial charge is 0.0234 e. The highest BCUT2D eigenvalue weighted by atomic mass is 14.2. The summed E-state index contributed by atoms with van der Waals surface area (Å²) in [6.45, 7) is 6.57. The van der Waals surface area contributed by atoms with E-state index in [1.165, 1.54) is 55.2 Å². The standard InChI is InChI=1S/C18H24/c1-3-4-5-6-7-10-15(2)17-14-13-16-11-8-9-12-18(16)17/h8-9,11-14,17H,2-7,10H2,1H3. The molecule has 0 heterocycles. The van der Waals surface area contributed by atoms with Gasteiger partial charge >= 0.3 is 0 Å². The van der Waals surface area contributed by atoms with Crippen LogP contribution < -0.4 is 0 Å². The van der Waals surface area contributed by atoms with E-state index >= 15 is 0 Å². The summed E-state index contributed by atoms with van der Waals surface area (Å²) in [5, 5.41) is 0. The molecular formula is C18H24. The third kappa shape index (κ3) is 3.13. The van der Waals surface area contributed by atoms with E-state index in [4.69, 9.17) is 0 Å². The normalized spacial score (nSPS) is 16.8. The van der Waals surface area contributed by atoms with Crippen LogP contribution in [0, 0.1) is 0 Å². The van der Waals surface area contributed by atoms with Crippen LogP contribution in [0.1, 0.15) is 62.5 Å². The molecule has 0 N–H and O–H groups in total. The van der Waals surface area contributed by atoms with Gasteiger partial charge in [0.1, 0.15) is 0 Å². The van der Waals surface area contributed by atoms with Gasteiger partial charge in [0.2, 0.25) is 0 Å². The van der Waals surface area contributed by atoms with Crippen LogP contribution in [0.5, 0.6) is 0 Å². The summed E-state index contributed by atoms with van der Waals surface area (Å²) in [6.07, 6.45) is 12.4. The highest BCUT2D eigenvalue weighted by Gasteiger charge is 2.18.